The van der Waals surface area contributed by atoms with Gasteiger partial charge in [-0.2, -0.15) is 0 Å². The highest BCUT2D eigenvalue weighted by atomic mass is 16.5. The van der Waals surface area contributed by atoms with E-state index in [1.165, 1.54) is 0 Å². The second-order valence-electron chi connectivity index (χ2n) is 4.15. The number of hydrogen-bond donors (Lipinski definition) is 0. The highest BCUT2D eigenvalue weighted by Crippen LogP contribution is 2.32. The lowest BCUT2D eigenvalue weighted by atomic mass is 9.84. The van der Waals surface area contributed by atoms with Crippen molar-refractivity contribution in [3.8, 4) is 0 Å². The van der Waals surface area contributed by atoms with Gasteiger partial charge < -0.3 is 9.47 Å². The first-order valence-corrected chi connectivity index (χ1v) is 5.30. The monoisotopic (exact) mass is 200 g/mol. The van der Waals surface area contributed by atoms with Gasteiger partial charge in [0.15, 0.2) is 5.78 Å². The summed E-state index contributed by atoms with van der Waals surface area (Å²) in [4.78, 5) is 11.6. The zero-order chi connectivity index (χ0) is 10.8. The molecule has 0 aromatic carbocycles. The molecule has 0 bridgehead atoms. The van der Waals surface area contributed by atoms with Crippen LogP contribution in [0.3, 0.4) is 0 Å². The van der Waals surface area contributed by atoms with Crippen molar-refractivity contribution in [2.75, 3.05) is 6.61 Å². The van der Waals surface area contributed by atoms with Crippen LogP contribution in [0.5, 0.6) is 0 Å². The van der Waals surface area contributed by atoms with Crippen molar-refractivity contribution in [1.82, 2.24) is 0 Å². The molecule has 14 heavy (non-hydrogen) atoms. The number of rotatable bonds is 3. The molecule has 0 aromatic rings. The summed E-state index contributed by atoms with van der Waals surface area (Å²) in [5.41, 5.74) is -0.591. The van der Waals surface area contributed by atoms with E-state index in [0.717, 1.165) is 0 Å². The number of carbonyl (C=O) groups excluding carboxylic acids is 1. The molecule has 3 nitrogen and oxygen atoms in total. The van der Waals surface area contributed by atoms with E-state index in [1.54, 1.807) is 6.92 Å². The fourth-order valence-electron chi connectivity index (χ4n) is 2.29. The van der Waals surface area contributed by atoms with Crippen LogP contribution in [0, 0.1) is 0 Å². The summed E-state index contributed by atoms with van der Waals surface area (Å²) < 4.78 is 11.2. The van der Waals surface area contributed by atoms with Gasteiger partial charge >= 0.3 is 0 Å². The molecule has 1 saturated heterocycles. The van der Waals surface area contributed by atoms with Crippen molar-refractivity contribution < 1.29 is 14.3 Å². The highest BCUT2D eigenvalue weighted by molar-refractivity contribution is 5.85. The third-order valence-corrected chi connectivity index (χ3v) is 2.76. The molecule has 0 saturated carbocycles. The summed E-state index contributed by atoms with van der Waals surface area (Å²) in [6.07, 6.45) is 1.57. The van der Waals surface area contributed by atoms with E-state index in [-0.39, 0.29) is 18.0 Å². The maximum Gasteiger partial charge on any atom is 0.161 e. The molecule has 2 atom stereocenters. The topological polar surface area (TPSA) is 35.5 Å². The zero-order valence-electron chi connectivity index (χ0n) is 9.50. The van der Waals surface area contributed by atoms with Gasteiger partial charge in [-0.15, -0.1) is 0 Å². The molecule has 1 rings (SSSR count). The third kappa shape index (κ3) is 2.34. The standard InChI is InChI=1S/C11H20O3/c1-5-13-11(10(4)12)6-8(2)14-9(3)7-11/h8-9H,5-7H2,1-4H3. The Morgan fingerprint density at radius 1 is 1.43 bits per heavy atom. The molecule has 0 radical (unpaired) electrons. The Bertz CT molecular complexity index is 203. The average Bonchev–Trinajstić information content (AvgIpc) is 2.02. The summed E-state index contributed by atoms with van der Waals surface area (Å²) in [5, 5.41) is 0. The molecule has 0 amide bonds. The Kier molecular flexibility index (Phi) is 3.67. The highest BCUT2D eigenvalue weighted by Gasteiger charge is 2.43. The summed E-state index contributed by atoms with van der Waals surface area (Å²) in [6.45, 7) is 8.10. The van der Waals surface area contributed by atoms with Gasteiger partial charge in [-0.3, -0.25) is 4.79 Å². The maximum atomic E-state index is 11.6. The van der Waals surface area contributed by atoms with Crippen molar-refractivity contribution in [2.24, 2.45) is 0 Å². The van der Waals surface area contributed by atoms with Crippen LogP contribution in [0.4, 0.5) is 0 Å². The molecule has 0 N–H and O–H groups in total. The van der Waals surface area contributed by atoms with E-state index in [0.29, 0.717) is 19.4 Å². The predicted octanol–water partition coefficient (Wildman–Crippen LogP) is 1.94. The van der Waals surface area contributed by atoms with Crippen LogP contribution in [-0.4, -0.2) is 30.2 Å². The summed E-state index contributed by atoms with van der Waals surface area (Å²) >= 11 is 0. The Balaban J connectivity index is 2.79. The largest absolute Gasteiger partial charge is 0.375 e. The minimum atomic E-state index is -0.591. The molecular weight excluding hydrogens is 180 g/mol. The fraction of sp³-hybridized carbons (Fsp3) is 0.909. The molecule has 1 fully saturated rings. The number of carbonyl (C=O) groups is 1. The quantitative estimate of drug-likeness (QED) is 0.698. The lowest BCUT2D eigenvalue weighted by Gasteiger charge is -2.40. The van der Waals surface area contributed by atoms with Gasteiger partial charge in [0.25, 0.3) is 0 Å². The molecule has 3 heteroatoms. The fourth-order valence-corrected chi connectivity index (χ4v) is 2.29. The van der Waals surface area contributed by atoms with E-state index in [9.17, 15) is 4.79 Å². The Morgan fingerprint density at radius 3 is 2.29 bits per heavy atom. The molecular formula is C11H20O3. The minimum Gasteiger partial charge on any atom is -0.375 e. The Hall–Kier alpha value is -0.410. The number of ketones is 1. The lowest BCUT2D eigenvalue weighted by molar-refractivity contribution is -0.174. The second-order valence-corrected chi connectivity index (χ2v) is 4.15. The van der Waals surface area contributed by atoms with Crippen molar-refractivity contribution in [3.05, 3.63) is 0 Å². The summed E-state index contributed by atoms with van der Waals surface area (Å²) in [7, 11) is 0. The van der Waals surface area contributed by atoms with E-state index in [4.69, 9.17) is 9.47 Å². The number of ether oxygens (including phenoxy) is 2. The maximum absolute atomic E-state index is 11.6. The molecule has 0 aromatic heterocycles. The van der Waals surface area contributed by atoms with Gasteiger partial charge in [0.2, 0.25) is 0 Å². The van der Waals surface area contributed by atoms with Gasteiger partial charge in [0, 0.05) is 19.4 Å². The first-order valence-electron chi connectivity index (χ1n) is 5.30. The normalized spacial score (nSPS) is 38.3. The van der Waals surface area contributed by atoms with Crippen LogP contribution in [0.1, 0.15) is 40.5 Å². The van der Waals surface area contributed by atoms with Crippen LogP contribution in [0.15, 0.2) is 0 Å². The molecule has 82 valence electrons. The van der Waals surface area contributed by atoms with Gasteiger partial charge in [0.05, 0.1) is 12.2 Å². The number of Topliss-reactive ketones (excluding diaryl/α,β-unsaturated/α-hetero) is 1. The third-order valence-electron chi connectivity index (χ3n) is 2.76. The van der Waals surface area contributed by atoms with Gasteiger partial charge in [-0.05, 0) is 27.7 Å². The molecule has 1 heterocycles. The summed E-state index contributed by atoms with van der Waals surface area (Å²) in [6, 6.07) is 0. The molecule has 0 spiro atoms. The molecule has 1 aliphatic heterocycles. The van der Waals surface area contributed by atoms with Crippen LogP contribution < -0.4 is 0 Å². The average molecular weight is 200 g/mol. The van der Waals surface area contributed by atoms with Crippen LogP contribution in [0.2, 0.25) is 0 Å². The first-order chi connectivity index (χ1) is 6.50. The van der Waals surface area contributed by atoms with Crippen molar-refractivity contribution in [2.45, 2.75) is 58.3 Å². The van der Waals surface area contributed by atoms with Crippen molar-refractivity contribution in [3.63, 3.8) is 0 Å². The SMILES string of the molecule is CCOC1(C(C)=O)CC(C)OC(C)C1. The van der Waals surface area contributed by atoms with Gasteiger partial charge in [0.1, 0.15) is 5.60 Å². The van der Waals surface area contributed by atoms with Crippen molar-refractivity contribution in [1.29, 1.82) is 0 Å². The smallest absolute Gasteiger partial charge is 0.161 e. The molecule has 0 aliphatic carbocycles. The van der Waals surface area contributed by atoms with E-state index in [1.807, 2.05) is 20.8 Å². The van der Waals surface area contributed by atoms with Crippen LogP contribution in [0.25, 0.3) is 0 Å². The van der Waals surface area contributed by atoms with Crippen LogP contribution in [-0.2, 0) is 14.3 Å². The van der Waals surface area contributed by atoms with Crippen molar-refractivity contribution >= 4 is 5.78 Å². The molecule has 2 unspecified atom stereocenters. The van der Waals surface area contributed by atoms with E-state index in [2.05, 4.69) is 0 Å². The minimum absolute atomic E-state index is 0.106. The first kappa shape index (κ1) is 11.7. The van der Waals surface area contributed by atoms with E-state index < -0.39 is 5.60 Å². The summed E-state index contributed by atoms with van der Waals surface area (Å²) in [5.74, 6) is 0.126. The Morgan fingerprint density at radius 2 is 1.93 bits per heavy atom. The zero-order valence-corrected chi connectivity index (χ0v) is 9.50. The number of hydrogen-bond acceptors (Lipinski definition) is 3. The van der Waals surface area contributed by atoms with Gasteiger partial charge in [-0.1, -0.05) is 0 Å². The lowest BCUT2D eigenvalue weighted by Crippen LogP contribution is -2.50. The van der Waals surface area contributed by atoms with Gasteiger partial charge in [-0.25, -0.2) is 0 Å². The molecule has 1 aliphatic rings. The Labute approximate surface area is 85.8 Å². The van der Waals surface area contributed by atoms with Crippen LogP contribution >= 0.6 is 0 Å². The second kappa shape index (κ2) is 4.41. The van der Waals surface area contributed by atoms with E-state index >= 15 is 0 Å². The predicted molar refractivity (Wildman–Crippen MR) is 54.3 cm³/mol.